The molecule has 3 rings (SSSR count). The molecule has 0 aliphatic heterocycles. The summed E-state index contributed by atoms with van der Waals surface area (Å²) in [5, 5.41) is 23.2. The number of rotatable bonds is 4. The van der Waals surface area contributed by atoms with Gasteiger partial charge in [0, 0.05) is 12.5 Å². The Kier molecular flexibility index (Phi) is 5.64. The van der Waals surface area contributed by atoms with E-state index in [9.17, 15) is 10.2 Å². The Bertz CT molecular complexity index is 698. The summed E-state index contributed by atoms with van der Waals surface area (Å²) in [5.74, 6) is 0. The van der Waals surface area contributed by atoms with E-state index in [-0.39, 0.29) is 11.1 Å². The first-order valence-electron chi connectivity index (χ1n) is 9.86. The Labute approximate surface area is 164 Å². The zero-order valence-electron chi connectivity index (χ0n) is 16.9. The fourth-order valence-electron chi connectivity index (χ4n) is 4.40. The van der Waals surface area contributed by atoms with E-state index < -0.39 is 20.0 Å². The predicted octanol–water partition coefficient (Wildman–Crippen LogP) is 3.23. The van der Waals surface area contributed by atoms with E-state index >= 15 is 0 Å². The van der Waals surface area contributed by atoms with Crippen molar-refractivity contribution in [3.63, 3.8) is 0 Å². The topological polar surface area (TPSA) is 49.7 Å². The van der Waals surface area contributed by atoms with Gasteiger partial charge in [0.15, 0.2) is 0 Å². The van der Waals surface area contributed by atoms with Gasteiger partial charge in [-0.3, -0.25) is 0 Å². The molecule has 0 radical (unpaired) electrons. The fraction of sp³-hybridized carbons (Fsp3) is 0.478. The summed E-state index contributed by atoms with van der Waals surface area (Å²) in [7, 11) is -2.61. The summed E-state index contributed by atoms with van der Waals surface area (Å²) < 4.78 is 7.07. The lowest BCUT2D eigenvalue weighted by Crippen LogP contribution is -2.68. The van der Waals surface area contributed by atoms with Crippen molar-refractivity contribution < 1.29 is 14.6 Å². The quantitative estimate of drug-likeness (QED) is 0.796. The lowest BCUT2D eigenvalue weighted by Gasteiger charge is -2.48. The second-order valence-corrected chi connectivity index (χ2v) is 13.3. The SMILES string of the molecule is CC1(O)CC(O[Si](c2ccccc2)(c2ccccc2)C(C)(C)C)CCC1O. The maximum atomic E-state index is 10.6. The summed E-state index contributed by atoms with van der Waals surface area (Å²) in [6.45, 7) is 8.50. The maximum Gasteiger partial charge on any atom is 0.261 e. The first-order valence-corrected chi connectivity index (χ1v) is 11.8. The molecule has 1 saturated carbocycles. The van der Waals surface area contributed by atoms with Gasteiger partial charge in [0.1, 0.15) is 0 Å². The predicted molar refractivity (Wildman–Crippen MR) is 113 cm³/mol. The normalized spacial score (nSPS) is 26.7. The van der Waals surface area contributed by atoms with E-state index in [0.29, 0.717) is 12.8 Å². The molecule has 146 valence electrons. The molecule has 3 unspecified atom stereocenters. The Balaban J connectivity index is 2.10. The van der Waals surface area contributed by atoms with Crippen molar-refractivity contribution in [2.45, 2.75) is 69.8 Å². The highest BCUT2D eigenvalue weighted by Crippen LogP contribution is 2.40. The lowest BCUT2D eigenvalue weighted by molar-refractivity contribution is -0.113. The van der Waals surface area contributed by atoms with Gasteiger partial charge in [0.25, 0.3) is 8.32 Å². The van der Waals surface area contributed by atoms with Crippen LogP contribution in [0.4, 0.5) is 0 Å². The molecule has 0 aromatic heterocycles. The van der Waals surface area contributed by atoms with E-state index in [4.69, 9.17) is 4.43 Å². The number of aliphatic hydroxyl groups is 2. The molecule has 1 aliphatic rings. The Hall–Kier alpha value is -1.46. The largest absolute Gasteiger partial charge is 0.404 e. The molecule has 2 aromatic carbocycles. The highest BCUT2D eigenvalue weighted by Gasteiger charge is 2.52. The third kappa shape index (κ3) is 3.90. The highest BCUT2D eigenvalue weighted by molar-refractivity contribution is 6.99. The second-order valence-electron chi connectivity index (χ2n) is 9.06. The van der Waals surface area contributed by atoms with E-state index in [1.807, 2.05) is 12.1 Å². The number of hydrogen-bond donors (Lipinski definition) is 2. The van der Waals surface area contributed by atoms with Crippen LogP contribution in [-0.2, 0) is 4.43 Å². The first kappa shape index (κ1) is 20.3. The lowest BCUT2D eigenvalue weighted by atomic mass is 9.82. The molecule has 4 heteroatoms. The summed E-state index contributed by atoms with van der Waals surface area (Å²) in [4.78, 5) is 0. The monoisotopic (exact) mass is 384 g/mol. The van der Waals surface area contributed by atoms with Gasteiger partial charge in [-0.25, -0.2) is 0 Å². The smallest absolute Gasteiger partial charge is 0.261 e. The van der Waals surface area contributed by atoms with Crippen LogP contribution in [0.5, 0.6) is 0 Å². The minimum atomic E-state index is -2.61. The van der Waals surface area contributed by atoms with Crippen LogP contribution in [0.3, 0.4) is 0 Å². The summed E-state index contributed by atoms with van der Waals surface area (Å²) in [5.41, 5.74) is -1.10. The van der Waals surface area contributed by atoms with Crippen molar-refractivity contribution >= 4 is 18.7 Å². The van der Waals surface area contributed by atoms with E-state index in [1.54, 1.807) is 6.92 Å². The second kappa shape index (κ2) is 7.51. The summed E-state index contributed by atoms with van der Waals surface area (Å²) in [6.07, 6.45) is 1.03. The van der Waals surface area contributed by atoms with Crippen molar-refractivity contribution in [3.8, 4) is 0 Å². The number of benzene rings is 2. The highest BCUT2D eigenvalue weighted by atomic mass is 28.4. The van der Waals surface area contributed by atoms with Gasteiger partial charge in [0.05, 0.1) is 11.7 Å². The van der Waals surface area contributed by atoms with Gasteiger partial charge < -0.3 is 14.6 Å². The molecule has 27 heavy (non-hydrogen) atoms. The van der Waals surface area contributed by atoms with Crippen LogP contribution in [0.2, 0.25) is 5.04 Å². The van der Waals surface area contributed by atoms with Crippen LogP contribution >= 0.6 is 0 Å². The van der Waals surface area contributed by atoms with Gasteiger partial charge >= 0.3 is 0 Å². The van der Waals surface area contributed by atoms with Crippen LogP contribution in [0, 0.1) is 0 Å². The molecular formula is C23H32O3Si. The van der Waals surface area contributed by atoms with Gasteiger partial charge in [-0.2, -0.15) is 0 Å². The van der Waals surface area contributed by atoms with Crippen molar-refractivity contribution in [2.24, 2.45) is 0 Å². The molecule has 0 bridgehead atoms. The van der Waals surface area contributed by atoms with Gasteiger partial charge in [-0.15, -0.1) is 0 Å². The van der Waals surface area contributed by atoms with Crippen LogP contribution in [-0.4, -0.2) is 36.3 Å². The Morgan fingerprint density at radius 2 is 1.41 bits per heavy atom. The van der Waals surface area contributed by atoms with Gasteiger partial charge in [-0.05, 0) is 35.2 Å². The zero-order valence-corrected chi connectivity index (χ0v) is 17.9. The minimum absolute atomic E-state index is 0.0743. The molecule has 0 saturated heterocycles. The Morgan fingerprint density at radius 3 is 1.81 bits per heavy atom. The summed E-state index contributed by atoms with van der Waals surface area (Å²) in [6, 6.07) is 21.1. The molecule has 1 fully saturated rings. The van der Waals surface area contributed by atoms with Crippen LogP contribution < -0.4 is 10.4 Å². The molecule has 3 atom stereocenters. The molecule has 2 aromatic rings. The average Bonchev–Trinajstić information content (AvgIpc) is 2.63. The fourth-order valence-corrected chi connectivity index (χ4v) is 9.11. The van der Waals surface area contributed by atoms with Crippen LogP contribution in [0.1, 0.15) is 47.0 Å². The standard InChI is InChI=1S/C23H32O3Si/c1-22(2,3)27(19-11-7-5-8-12-19,20-13-9-6-10-14-20)26-18-15-16-21(24)23(4,25)17-18/h5-14,18,21,24-25H,15-17H2,1-4H3. The van der Waals surface area contributed by atoms with Gasteiger partial charge in [-0.1, -0.05) is 81.4 Å². The molecule has 3 nitrogen and oxygen atoms in total. The molecule has 0 spiro atoms. The van der Waals surface area contributed by atoms with Crippen molar-refractivity contribution in [3.05, 3.63) is 60.7 Å². The van der Waals surface area contributed by atoms with E-state index in [0.717, 1.165) is 6.42 Å². The number of aliphatic hydroxyl groups excluding tert-OH is 1. The van der Waals surface area contributed by atoms with Crippen molar-refractivity contribution in [1.29, 1.82) is 0 Å². The molecule has 2 N–H and O–H groups in total. The van der Waals surface area contributed by atoms with E-state index in [1.165, 1.54) is 10.4 Å². The van der Waals surface area contributed by atoms with Gasteiger partial charge in [0.2, 0.25) is 0 Å². The average molecular weight is 385 g/mol. The molecular weight excluding hydrogens is 352 g/mol. The third-order valence-electron chi connectivity index (χ3n) is 5.88. The van der Waals surface area contributed by atoms with Crippen molar-refractivity contribution in [2.75, 3.05) is 0 Å². The van der Waals surface area contributed by atoms with E-state index in [2.05, 4.69) is 69.3 Å². The minimum Gasteiger partial charge on any atom is -0.404 e. The molecule has 0 amide bonds. The zero-order chi connectivity index (χ0) is 19.7. The van der Waals surface area contributed by atoms with Crippen molar-refractivity contribution in [1.82, 2.24) is 0 Å². The molecule has 0 heterocycles. The first-order chi connectivity index (χ1) is 12.7. The third-order valence-corrected chi connectivity index (χ3v) is 11.0. The summed E-state index contributed by atoms with van der Waals surface area (Å²) >= 11 is 0. The van der Waals surface area contributed by atoms with Crippen LogP contribution in [0.15, 0.2) is 60.7 Å². The Morgan fingerprint density at radius 1 is 0.926 bits per heavy atom. The molecule has 1 aliphatic carbocycles. The number of hydrogen-bond acceptors (Lipinski definition) is 3. The van der Waals surface area contributed by atoms with Crippen LogP contribution in [0.25, 0.3) is 0 Å². The maximum absolute atomic E-state index is 10.6.